The summed E-state index contributed by atoms with van der Waals surface area (Å²) in [6.07, 6.45) is 0. The van der Waals surface area contributed by atoms with Gasteiger partial charge in [-0.15, -0.1) is 0 Å². The fraction of sp³-hybridized carbons (Fsp3) is 0. The van der Waals surface area contributed by atoms with E-state index in [-0.39, 0.29) is 0 Å². The van der Waals surface area contributed by atoms with Crippen LogP contribution in [-0.4, -0.2) is 19.6 Å². The van der Waals surface area contributed by atoms with Crippen molar-refractivity contribution in [3.8, 4) is 11.3 Å². The molecule has 0 amide bonds. The predicted octanol–water partition coefficient (Wildman–Crippen LogP) is -0.740. The molecule has 10 heavy (non-hydrogen) atoms. The fourth-order valence-corrected chi connectivity index (χ4v) is 1.17. The van der Waals surface area contributed by atoms with Crippen molar-refractivity contribution in [2.75, 3.05) is 0 Å². The molecule has 4 N–H and O–H groups in total. The molecule has 8 heteroatoms. The average molecular weight is 186 g/mol. The maximum atomic E-state index is 9.86. The normalized spacial score (nSPS) is 12.0. The quantitative estimate of drug-likeness (QED) is 0.292. The topological polar surface area (TPSA) is 115 Å². The molecular formula is C2H4O6P2. The third-order valence-electron chi connectivity index (χ3n) is 0.341. The summed E-state index contributed by atoms with van der Waals surface area (Å²) >= 11 is 0. The molecule has 0 aliphatic heterocycles. The molecule has 0 radical (unpaired) electrons. The zero-order chi connectivity index (χ0) is 8.41. The van der Waals surface area contributed by atoms with Crippen LogP contribution in [-0.2, 0) is 9.13 Å². The minimum Gasteiger partial charge on any atom is -0.315 e. The van der Waals surface area contributed by atoms with Crippen molar-refractivity contribution in [1.29, 1.82) is 0 Å². The Labute approximate surface area is 56.2 Å². The second-order valence-electron chi connectivity index (χ2n) is 1.31. The highest BCUT2D eigenvalue weighted by atomic mass is 31.2. The zero-order valence-electron chi connectivity index (χ0n) is 4.50. The van der Waals surface area contributed by atoms with Crippen LogP contribution in [0.4, 0.5) is 0 Å². The maximum Gasteiger partial charge on any atom is 0.401 e. The highest BCUT2D eigenvalue weighted by Gasteiger charge is 2.11. The Hall–Kier alpha value is -0.140. The minimum absolute atomic E-state index is 1.12. The first-order chi connectivity index (χ1) is 4.21. The van der Waals surface area contributed by atoms with Crippen LogP contribution in [0.2, 0.25) is 0 Å². The van der Waals surface area contributed by atoms with Crippen molar-refractivity contribution in [1.82, 2.24) is 0 Å². The smallest absolute Gasteiger partial charge is 0.315 e. The summed E-state index contributed by atoms with van der Waals surface area (Å²) in [5.74, 6) is 0. The van der Waals surface area contributed by atoms with Crippen LogP contribution in [0.3, 0.4) is 0 Å². The molecule has 0 aliphatic rings. The van der Waals surface area contributed by atoms with Crippen LogP contribution < -0.4 is 0 Å². The third-order valence-corrected chi connectivity index (χ3v) is 1.32. The van der Waals surface area contributed by atoms with Crippen LogP contribution >= 0.6 is 15.2 Å². The first-order valence-corrected chi connectivity index (χ1v) is 5.09. The zero-order valence-corrected chi connectivity index (χ0v) is 6.29. The van der Waals surface area contributed by atoms with Crippen LogP contribution in [0, 0.1) is 11.3 Å². The molecule has 0 rings (SSSR count). The molecular weight excluding hydrogens is 182 g/mol. The monoisotopic (exact) mass is 186 g/mol. The first kappa shape index (κ1) is 9.86. The van der Waals surface area contributed by atoms with Gasteiger partial charge in [0.25, 0.3) is 0 Å². The summed E-state index contributed by atoms with van der Waals surface area (Å²) in [5.41, 5.74) is 2.23. The van der Waals surface area contributed by atoms with Gasteiger partial charge in [0.05, 0.1) is 0 Å². The van der Waals surface area contributed by atoms with E-state index >= 15 is 0 Å². The second kappa shape index (κ2) is 2.85. The van der Waals surface area contributed by atoms with E-state index in [1.165, 1.54) is 0 Å². The first-order valence-electron chi connectivity index (χ1n) is 1.86. The molecule has 0 saturated carbocycles. The predicted molar refractivity (Wildman–Crippen MR) is 31.9 cm³/mol. The van der Waals surface area contributed by atoms with Crippen LogP contribution in [0.5, 0.6) is 0 Å². The molecule has 0 aromatic heterocycles. The van der Waals surface area contributed by atoms with Crippen molar-refractivity contribution < 1.29 is 28.7 Å². The van der Waals surface area contributed by atoms with Crippen molar-refractivity contribution in [3.63, 3.8) is 0 Å². The molecule has 0 saturated heterocycles. The third kappa shape index (κ3) is 7.86. The summed E-state index contributed by atoms with van der Waals surface area (Å²) in [6.45, 7) is 0. The molecule has 0 spiro atoms. The lowest BCUT2D eigenvalue weighted by Crippen LogP contribution is -1.72. The Kier molecular flexibility index (Phi) is 2.81. The Balaban J connectivity index is 4.51. The van der Waals surface area contributed by atoms with E-state index in [4.69, 9.17) is 19.6 Å². The van der Waals surface area contributed by atoms with Crippen molar-refractivity contribution >= 4 is 15.2 Å². The molecule has 0 unspecified atom stereocenters. The van der Waals surface area contributed by atoms with Gasteiger partial charge in [0.15, 0.2) is 0 Å². The maximum absolute atomic E-state index is 9.86. The molecule has 0 aromatic rings. The van der Waals surface area contributed by atoms with Gasteiger partial charge in [-0.1, -0.05) is 0 Å². The molecule has 0 fully saturated rings. The van der Waals surface area contributed by atoms with E-state index in [0.717, 1.165) is 11.3 Å². The summed E-state index contributed by atoms with van der Waals surface area (Å²) < 4.78 is 19.7. The lowest BCUT2D eigenvalue weighted by atomic mass is 11.4. The fourth-order valence-electron chi connectivity index (χ4n) is 0.130. The molecule has 58 valence electrons. The lowest BCUT2D eigenvalue weighted by molar-refractivity contribution is 0.384. The Morgan fingerprint density at radius 3 is 1.10 bits per heavy atom. The Bertz CT molecular complexity index is 231. The SMILES string of the molecule is O=P(O)(O)C#CP(=O)(O)O. The van der Waals surface area contributed by atoms with Gasteiger partial charge in [-0.05, 0) is 0 Å². The van der Waals surface area contributed by atoms with E-state index < -0.39 is 15.2 Å². The number of hydrogen-bond donors (Lipinski definition) is 4. The van der Waals surface area contributed by atoms with Gasteiger partial charge in [0.2, 0.25) is 0 Å². The van der Waals surface area contributed by atoms with Crippen LogP contribution in [0.1, 0.15) is 0 Å². The van der Waals surface area contributed by atoms with Gasteiger partial charge in [0.1, 0.15) is 0 Å². The number of rotatable bonds is 0. The van der Waals surface area contributed by atoms with Crippen LogP contribution in [0.15, 0.2) is 0 Å². The highest BCUT2D eigenvalue weighted by molar-refractivity contribution is 7.61. The summed E-state index contributed by atoms with van der Waals surface area (Å²) in [4.78, 5) is 31.9. The molecule has 6 nitrogen and oxygen atoms in total. The molecule has 0 aliphatic carbocycles. The lowest BCUT2D eigenvalue weighted by Gasteiger charge is -1.90. The van der Waals surface area contributed by atoms with Gasteiger partial charge in [-0.3, -0.25) is 0 Å². The summed E-state index contributed by atoms with van der Waals surface area (Å²) in [5, 5.41) is 0. The minimum atomic E-state index is -4.62. The van der Waals surface area contributed by atoms with Gasteiger partial charge < -0.3 is 19.6 Å². The van der Waals surface area contributed by atoms with Gasteiger partial charge in [0, 0.05) is 11.3 Å². The van der Waals surface area contributed by atoms with E-state index in [1.807, 2.05) is 0 Å². The van der Waals surface area contributed by atoms with Gasteiger partial charge >= 0.3 is 15.2 Å². The van der Waals surface area contributed by atoms with E-state index in [9.17, 15) is 9.13 Å². The average Bonchev–Trinajstić information content (AvgIpc) is 1.57. The van der Waals surface area contributed by atoms with Gasteiger partial charge in [-0.2, -0.15) is 0 Å². The Morgan fingerprint density at radius 2 is 1.00 bits per heavy atom. The largest absolute Gasteiger partial charge is 0.401 e. The molecule has 0 bridgehead atoms. The molecule has 0 heterocycles. The Morgan fingerprint density at radius 1 is 0.800 bits per heavy atom. The summed E-state index contributed by atoms with van der Waals surface area (Å²) in [7, 11) is -9.23. The van der Waals surface area contributed by atoms with E-state index in [2.05, 4.69) is 0 Å². The van der Waals surface area contributed by atoms with Gasteiger partial charge in [-0.25, -0.2) is 9.13 Å². The van der Waals surface area contributed by atoms with Crippen LogP contribution in [0.25, 0.3) is 0 Å². The van der Waals surface area contributed by atoms with E-state index in [0.29, 0.717) is 0 Å². The highest BCUT2D eigenvalue weighted by Crippen LogP contribution is 2.38. The second-order valence-corrected chi connectivity index (χ2v) is 3.93. The standard InChI is InChI=1S/C2H4O6P2/c3-9(4,5)1-2-10(6,7)8/h(H2,3,4,5)(H2,6,7,8). The van der Waals surface area contributed by atoms with E-state index in [1.54, 1.807) is 0 Å². The van der Waals surface area contributed by atoms with Crippen molar-refractivity contribution in [3.05, 3.63) is 0 Å². The number of hydrogen-bond acceptors (Lipinski definition) is 2. The molecule has 0 atom stereocenters. The molecule has 0 aromatic carbocycles. The van der Waals surface area contributed by atoms with Crippen molar-refractivity contribution in [2.24, 2.45) is 0 Å². The summed E-state index contributed by atoms with van der Waals surface area (Å²) in [6, 6.07) is 0. The van der Waals surface area contributed by atoms with Crippen molar-refractivity contribution in [2.45, 2.75) is 0 Å².